The Morgan fingerprint density at radius 3 is 2.23 bits per heavy atom. The lowest BCUT2D eigenvalue weighted by molar-refractivity contribution is -0.131. The molecule has 3 aliphatic rings. The first-order chi connectivity index (χ1) is 12.6. The number of piperazine rings is 1. The van der Waals surface area contributed by atoms with E-state index in [4.69, 9.17) is 4.99 Å². The number of rotatable bonds is 5. The molecule has 26 heavy (non-hydrogen) atoms. The molecule has 0 radical (unpaired) electrons. The first-order valence-corrected chi connectivity index (χ1v) is 10.6. The molecule has 0 aromatic rings. The molecule has 1 amide bonds. The second kappa shape index (κ2) is 9.07. The summed E-state index contributed by atoms with van der Waals surface area (Å²) in [6.07, 6.45) is 7.66. The molecule has 1 N–H and O–H groups in total. The first-order valence-electron chi connectivity index (χ1n) is 10.6. The average molecular weight is 364 g/mol. The molecular weight excluding hydrogens is 326 g/mol. The molecule has 2 saturated heterocycles. The van der Waals surface area contributed by atoms with Gasteiger partial charge in [-0.25, -0.2) is 0 Å². The third-order valence-corrected chi connectivity index (χ3v) is 6.25. The Balaban J connectivity index is 1.48. The molecule has 3 fully saturated rings. The fourth-order valence-electron chi connectivity index (χ4n) is 4.45. The van der Waals surface area contributed by atoms with Gasteiger partial charge >= 0.3 is 0 Å². The van der Waals surface area contributed by atoms with Crippen LogP contribution in [0.3, 0.4) is 0 Å². The van der Waals surface area contributed by atoms with E-state index in [0.29, 0.717) is 17.9 Å². The van der Waals surface area contributed by atoms with E-state index < -0.39 is 0 Å². The molecule has 6 nitrogen and oxygen atoms in total. The zero-order chi connectivity index (χ0) is 18.4. The summed E-state index contributed by atoms with van der Waals surface area (Å²) in [4.78, 5) is 24.0. The molecule has 6 heteroatoms. The number of guanidine groups is 1. The van der Waals surface area contributed by atoms with Crippen molar-refractivity contribution in [3.05, 3.63) is 0 Å². The van der Waals surface area contributed by atoms with Crippen LogP contribution in [0.25, 0.3) is 0 Å². The fraction of sp³-hybridized carbons (Fsp3) is 0.900. The Morgan fingerprint density at radius 2 is 1.62 bits per heavy atom. The Kier molecular flexibility index (Phi) is 6.79. The van der Waals surface area contributed by atoms with Gasteiger partial charge in [-0.2, -0.15) is 0 Å². The normalized spacial score (nSPS) is 24.3. The molecule has 1 aliphatic carbocycles. The molecule has 2 aliphatic heterocycles. The van der Waals surface area contributed by atoms with Crippen LogP contribution in [0.5, 0.6) is 0 Å². The molecule has 0 bridgehead atoms. The molecule has 3 rings (SSSR count). The highest BCUT2D eigenvalue weighted by molar-refractivity contribution is 5.80. The number of hydrogen-bond acceptors (Lipinski definition) is 3. The van der Waals surface area contributed by atoms with Crippen LogP contribution >= 0.6 is 0 Å². The Morgan fingerprint density at radius 1 is 0.962 bits per heavy atom. The van der Waals surface area contributed by atoms with Crippen LogP contribution in [0.4, 0.5) is 0 Å². The van der Waals surface area contributed by atoms with Crippen molar-refractivity contribution in [1.29, 1.82) is 0 Å². The second-order valence-electron chi connectivity index (χ2n) is 8.54. The summed E-state index contributed by atoms with van der Waals surface area (Å²) in [5, 5.41) is 3.48. The van der Waals surface area contributed by atoms with Crippen molar-refractivity contribution in [1.82, 2.24) is 20.0 Å². The van der Waals surface area contributed by atoms with Gasteiger partial charge in [-0.15, -0.1) is 0 Å². The number of carbonyl (C=O) groups is 1. The van der Waals surface area contributed by atoms with E-state index in [1.807, 2.05) is 4.90 Å². The highest BCUT2D eigenvalue weighted by Crippen LogP contribution is 2.37. The van der Waals surface area contributed by atoms with Gasteiger partial charge in [-0.3, -0.25) is 14.7 Å². The number of amides is 1. The minimum absolute atomic E-state index is 0.311. The van der Waals surface area contributed by atoms with E-state index in [1.165, 1.54) is 38.5 Å². The third kappa shape index (κ3) is 5.12. The van der Waals surface area contributed by atoms with Crippen LogP contribution in [0.2, 0.25) is 0 Å². The Hall–Kier alpha value is -1.30. The van der Waals surface area contributed by atoms with E-state index in [0.717, 1.165) is 58.3 Å². The van der Waals surface area contributed by atoms with Crippen molar-refractivity contribution >= 4 is 11.9 Å². The monoisotopic (exact) mass is 363 g/mol. The number of likely N-dealkylation sites (tertiary alicyclic amines) is 1. The fourth-order valence-corrected chi connectivity index (χ4v) is 4.45. The van der Waals surface area contributed by atoms with Gasteiger partial charge in [0.15, 0.2) is 5.96 Å². The van der Waals surface area contributed by atoms with Crippen LogP contribution in [0, 0.1) is 5.41 Å². The van der Waals surface area contributed by atoms with Crippen molar-refractivity contribution in [2.24, 2.45) is 10.4 Å². The molecule has 0 aromatic heterocycles. The average Bonchev–Trinajstić information content (AvgIpc) is 3.32. The molecule has 148 valence electrons. The number of aliphatic imine (C=N–C) groups is 1. The second-order valence-corrected chi connectivity index (χ2v) is 8.54. The van der Waals surface area contributed by atoms with Gasteiger partial charge in [-0.1, -0.05) is 19.8 Å². The number of hydrogen-bond donors (Lipinski definition) is 1. The molecule has 0 spiro atoms. The lowest BCUT2D eigenvalue weighted by Gasteiger charge is -2.37. The topological polar surface area (TPSA) is 51.2 Å². The predicted molar refractivity (Wildman–Crippen MR) is 106 cm³/mol. The first kappa shape index (κ1) is 19.5. The summed E-state index contributed by atoms with van der Waals surface area (Å²) in [7, 11) is 0. The van der Waals surface area contributed by atoms with Crippen molar-refractivity contribution in [3.63, 3.8) is 0 Å². The summed E-state index contributed by atoms with van der Waals surface area (Å²) in [6.45, 7) is 12.6. The summed E-state index contributed by atoms with van der Waals surface area (Å²) in [5.41, 5.74) is 0.393. The zero-order valence-corrected chi connectivity index (χ0v) is 16.8. The summed E-state index contributed by atoms with van der Waals surface area (Å²) in [6, 6.07) is 0. The van der Waals surface area contributed by atoms with Crippen LogP contribution in [-0.2, 0) is 4.79 Å². The predicted octanol–water partition coefficient (Wildman–Crippen LogP) is 1.77. The minimum atomic E-state index is 0.311. The van der Waals surface area contributed by atoms with Crippen molar-refractivity contribution in [3.8, 4) is 0 Å². The zero-order valence-electron chi connectivity index (χ0n) is 16.8. The van der Waals surface area contributed by atoms with E-state index in [2.05, 4.69) is 29.0 Å². The standard InChI is InChI=1S/C20H37N5O/c1-3-21-19(22-17-20(2)8-4-5-9-20)25-14-12-23(13-15-25)16-18(26)24-10-6-7-11-24/h3-17H2,1-2H3,(H,21,22). The lowest BCUT2D eigenvalue weighted by Crippen LogP contribution is -2.54. The van der Waals surface area contributed by atoms with Crippen molar-refractivity contribution in [2.45, 2.75) is 52.4 Å². The van der Waals surface area contributed by atoms with Gasteiger partial charge in [0.25, 0.3) is 0 Å². The van der Waals surface area contributed by atoms with E-state index in [-0.39, 0.29) is 0 Å². The SMILES string of the molecule is CCNC(=NCC1(C)CCCC1)N1CCN(CC(=O)N2CCCC2)CC1. The molecule has 0 atom stereocenters. The van der Waals surface area contributed by atoms with E-state index >= 15 is 0 Å². The smallest absolute Gasteiger partial charge is 0.236 e. The lowest BCUT2D eigenvalue weighted by atomic mass is 9.89. The van der Waals surface area contributed by atoms with Gasteiger partial charge in [0, 0.05) is 52.4 Å². The van der Waals surface area contributed by atoms with Gasteiger partial charge < -0.3 is 15.1 Å². The van der Waals surface area contributed by atoms with Gasteiger partial charge in [0.05, 0.1) is 6.54 Å². The van der Waals surface area contributed by atoms with Gasteiger partial charge in [0.2, 0.25) is 5.91 Å². The maximum atomic E-state index is 12.4. The van der Waals surface area contributed by atoms with Crippen LogP contribution in [0.1, 0.15) is 52.4 Å². The maximum Gasteiger partial charge on any atom is 0.236 e. The number of carbonyl (C=O) groups excluding carboxylic acids is 1. The quantitative estimate of drug-likeness (QED) is 0.597. The molecule has 0 unspecified atom stereocenters. The Bertz CT molecular complexity index is 486. The van der Waals surface area contributed by atoms with E-state index in [1.54, 1.807) is 0 Å². The van der Waals surface area contributed by atoms with Crippen LogP contribution in [-0.4, -0.2) is 85.5 Å². The van der Waals surface area contributed by atoms with Gasteiger partial charge in [-0.05, 0) is 38.0 Å². The van der Waals surface area contributed by atoms with Crippen molar-refractivity contribution in [2.75, 3.05) is 58.9 Å². The minimum Gasteiger partial charge on any atom is -0.357 e. The van der Waals surface area contributed by atoms with Crippen LogP contribution < -0.4 is 5.32 Å². The Labute approximate surface area is 159 Å². The van der Waals surface area contributed by atoms with Gasteiger partial charge in [0.1, 0.15) is 0 Å². The summed E-state index contributed by atoms with van der Waals surface area (Å²) in [5.74, 6) is 1.37. The van der Waals surface area contributed by atoms with Crippen molar-refractivity contribution < 1.29 is 4.79 Å². The molecular formula is C20H37N5O. The highest BCUT2D eigenvalue weighted by Gasteiger charge is 2.29. The number of nitrogens with zero attached hydrogens (tertiary/aromatic N) is 4. The molecule has 1 saturated carbocycles. The van der Waals surface area contributed by atoms with Crippen LogP contribution in [0.15, 0.2) is 4.99 Å². The summed E-state index contributed by atoms with van der Waals surface area (Å²) < 4.78 is 0. The highest BCUT2D eigenvalue weighted by atomic mass is 16.2. The maximum absolute atomic E-state index is 12.4. The van der Waals surface area contributed by atoms with E-state index in [9.17, 15) is 4.79 Å². The number of nitrogens with one attached hydrogen (secondary N) is 1. The summed E-state index contributed by atoms with van der Waals surface area (Å²) >= 11 is 0. The third-order valence-electron chi connectivity index (χ3n) is 6.25. The largest absolute Gasteiger partial charge is 0.357 e. The molecule has 2 heterocycles. The molecule has 0 aromatic carbocycles.